The molecule has 1 rings (SSSR count). The van der Waals surface area contributed by atoms with Crippen LogP contribution in [-0.4, -0.2) is 5.91 Å². The maximum atomic E-state index is 11.0. The molecule has 0 aromatic heterocycles. The van der Waals surface area contributed by atoms with E-state index < -0.39 is 0 Å². The van der Waals surface area contributed by atoms with Gasteiger partial charge in [0.1, 0.15) is 0 Å². The topological polar surface area (TPSA) is 29.1 Å². The van der Waals surface area contributed by atoms with Crippen molar-refractivity contribution in [2.45, 2.75) is 26.2 Å². The normalized spacial score (nSPS) is 9.86. The average molecular weight is 209 g/mol. The summed E-state index contributed by atoms with van der Waals surface area (Å²) in [4.78, 5) is 11.0. The van der Waals surface area contributed by atoms with E-state index in [1.807, 2.05) is 12.1 Å². The number of hydrogen-bond acceptors (Lipinski definition) is 2. The highest BCUT2D eigenvalue weighted by molar-refractivity contribution is 7.78. The molecule has 0 aliphatic heterocycles. The molecule has 1 amide bonds. The molecular formula is C11H15NOS. The van der Waals surface area contributed by atoms with Crippen LogP contribution in [0.25, 0.3) is 0 Å². The predicted octanol–water partition coefficient (Wildman–Crippen LogP) is 2.14. The van der Waals surface area contributed by atoms with Gasteiger partial charge in [-0.25, -0.2) is 0 Å². The molecule has 3 heteroatoms. The number of nitrogens with one attached hydrogen (secondary N) is 1. The lowest BCUT2D eigenvalue weighted by molar-refractivity contribution is -0.119. The van der Waals surface area contributed by atoms with Gasteiger partial charge in [-0.05, 0) is 24.0 Å². The minimum absolute atomic E-state index is 0.0285. The fraction of sp³-hybridized carbons (Fsp3) is 0.364. The zero-order valence-electron chi connectivity index (χ0n) is 8.29. The number of carbonyl (C=O) groups is 1. The summed E-state index contributed by atoms with van der Waals surface area (Å²) in [5.41, 5.74) is 2.58. The molecule has 0 aliphatic carbocycles. The van der Waals surface area contributed by atoms with Crippen LogP contribution in [0.15, 0.2) is 24.3 Å². The zero-order valence-corrected chi connectivity index (χ0v) is 9.18. The van der Waals surface area contributed by atoms with E-state index in [2.05, 4.69) is 36.6 Å². The van der Waals surface area contributed by atoms with Gasteiger partial charge in [0.2, 0.25) is 5.91 Å². The van der Waals surface area contributed by atoms with Gasteiger partial charge in [-0.15, -0.1) is 0 Å². The molecule has 0 aliphatic rings. The van der Waals surface area contributed by atoms with Crippen molar-refractivity contribution in [2.24, 2.45) is 0 Å². The largest absolute Gasteiger partial charge is 0.303 e. The van der Waals surface area contributed by atoms with Crippen molar-refractivity contribution in [2.75, 3.05) is 0 Å². The average Bonchev–Trinajstić information content (AvgIpc) is 2.26. The number of hydrogen-bond donors (Lipinski definition) is 2. The Morgan fingerprint density at radius 3 is 2.57 bits per heavy atom. The highest BCUT2D eigenvalue weighted by Crippen LogP contribution is 2.11. The first-order valence-corrected chi connectivity index (χ1v) is 5.22. The van der Waals surface area contributed by atoms with E-state index in [0.717, 1.165) is 12.8 Å². The maximum absolute atomic E-state index is 11.0. The Balaban J connectivity index is 2.61. The van der Waals surface area contributed by atoms with Crippen LogP contribution in [0.5, 0.6) is 0 Å². The van der Waals surface area contributed by atoms with Crippen molar-refractivity contribution < 1.29 is 4.79 Å². The van der Waals surface area contributed by atoms with Crippen LogP contribution in [0.4, 0.5) is 0 Å². The first kappa shape index (κ1) is 11.1. The van der Waals surface area contributed by atoms with E-state index in [-0.39, 0.29) is 5.91 Å². The van der Waals surface area contributed by atoms with Gasteiger partial charge in [-0.1, -0.05) is 44.0 Å². The molecular weight excluding hydrogens is 194 g/mol. The van der Waals surface area contributed by atoms with Gasteiger partial charge in [0.15, 0.2) is 0 Å². The van der Waals surface area contributed by atoms with Crippen LogP contribution in [0, 0.1) is 0 Å². The number of thiol groups is 1. The molecule has 0 saturated heterocycles. The molecule has 0 heterocycles. The third-order valence-electron chi connectivity index (χ3n) is 2.25. The summed E-state index contributed by atoms with van der Waals surface area (Å²) in [6, 6.07) is 8.21. The summed E-state index contributed by atoms with van der Waals surface area (Å²) in [5, 5.41) is 0. The van der Waals surface area contributed by atoms with Crippen molar-refractivity contribution in [3.8, 4) is 0 Å². The lowest BCUT2D eigenvalue weighted by Gasteiger charge is -2.06. The van der Waals surface area contributed by atoms with E-state index in [0.29, 0.717) is 6.42 Å². The van der Waals surface area contributed by atoms with Gasteiger partial charge in [0.25, 0.3) is 0 Å². The van der Waals surface area contributed by atoms with Gasteiger partial charge in [-0.3, -0.25) is 4.79 Å². The second-order valence-electron chi connectivity index (χ2n) is 3.16. The molecule has 76 valence electrons. The SMILES string of the molecule is CCc1ccccc1CCC(=O)NS. The van der Waals surface area contributed by atoms with Crippen molar-refractivity contribution in [1.29, 1.82) is 0 Å². The zero-order chi connectivity index (χ0) is 10.4. The Labute approximate surface area is 90.3 Å². The molecule has 0 bridgehead atoms. The van der Waals surface area contributed by atoms with Crippen LogP contribution in [0.2, 0.25) is 0 Å². The number of benzene rings is 1. The van der Waals surface area contributed by atoms with Crippen molar-refractivity contribution in [3.63, 3.8) is 0 Å². The third kappa shape index (κ3) is 3.07. The summed E-state index contributed by atoms with van der Waals surface area (Å²) in [6.07, 6.45) is 2.30. The molecule has 14 heavy (non-hydrogen) atoms. The molecule has 1 aromatic rings. The fourth-order valence-corrected chi connectivity index (χ4v) is 1.56. The number of carbonyl (C=O) groups excluding carboxylic acids is 1. The van der Waals surface area contributed by atoms with Gasteiger partial charge in [0.05, 0.1) is 0 Å². The van der Waals surface area contributed by atoms with E-state index in [1.54, 1.807) is 0 Å². The summed E-state index contributed by atoms with van der Waals surface area (Å²) < 4.78 is 2.33. The Kier molecular flexibility index (Phi) is 4.53. The molecule has 2 nitrogen and oxygen atoms in total. The van der Waals surface area contributed by atoms with Crippen LogP contribution in [0.3, 0.4) is 0 Å². The Hall–Kier alpha value is -0.960. The Bertz CT molecular complexity index is 312. The molecule has 0 spiro atoms. The third-order valence-corrected chi connectivity index (χ3v) is 2.49. The molecule has 0 fully saturated rings. The Morgan fingerprint density at radius 2 is 2.00 bits per heavy atom. The highest BCUT2D eigenvalue weighted by atomic mass is 32.1. The minimum Gasteiger partial charge on any atom is -0.303 e. The van der Waals surface area contributed by atoms with Crippen molar-refractivity contribution in [3.05, 3.63) is 35.4 Å². The lowest BCUT2D eigenvalue weighted by Crippen LogP contribution is -2.13. The van der Waals surface area contributed by atoms with Crippen LogP contribution in [0.1, 0.15) is 24.5 Å². The van der Waals surface area contributed by atoms with E-state index >= 15 is 0 Å². The van der Waals surface area contributed by atoms with Crippen molar-refractivity contribution in [1.82, 2.24) is 4.72 Å². The molecule has 0 saturated carbocycles. The predicted molar refractivity (Wildman–Crippen MR) is 61.3 cm³/mol. The Morgan fingerprint density at radius 1 is 1.36 bits per heavy atom. The number of amides is 1. The monoisotopic (exact) mass is 209 g/mol. The van der Waals surface area contributed by atoms with Gasteiger partial charge >= 0.3 is 0 Å². The lowest BCUT2D eigenvalue weighted by atomic mass is 10.0. The summed E-state index contributed by atoms with van der Waals surface area (Å²) in [6.45, 7) is 2.12. The maximum Gasteiger partial charge on any atom is 0.229 e. The van der Waals surface area contributed by atoms with E-state index in [4.69, 9.17) is 0 Å². The fourth-order valence-electron chi connectivity index (χ4n) is 1.45. The highest BCUT2D eigenvalue weighted by Gasteiger charge is 2.02. The van der Waals surface area contributed by atoms with Crippen LogP contribution in [-0.2, 0) is 17.6 Å². The molecule has 1 aromatic carbocycles. The van der Waals surface area contributed by atoms with E-state index in [9.17, 15) is 4.79 Å². The van der Waals surface area contributed by atoms with Gasteiger partial charge in [0, 0.05) is 6.42 Å². The van der Waals surface area contributed by atoms with Crippen LogP contribution < -0.4 is 4.72 Å². The van der Waals surface area contributed by atoms with Gasteiger partial charge in [-0.2, -0.15) is 0 Å². The van der Waals surface area contributed by atoms with Crippen LogP contribution >= 0.6 is 12.8 Å². The molecule has 0 radical (unpaired) electrons. The summed E-state index contributed by atoms with van der Waals surface area (Å²) >= 11 is 3.71. The van der Waals surface area contributed by atoms with Gasteiger partial charge < -0.3 is 4.72 Å². The smallest absolute Gasteiger partial charge is 0.229 e. The van der Waals surface area contributed by atoms with Crippen molar-refractivity contribution >= 4 is 18.7 Å². The second-order valence-corrected chi connectivity index (χ2v) is 3.38. The second kappa shape index (κ2) is 5.70. The summed E-state index contributed by atoms with van der Waals surface area (Å²) in [5.74, 6) is -0.0285. The number of rotatable bonds is 4. The number of aryl methyl sites for hydroxylation is 2. The molecule has 1 N–H and O–H groups in total. The quantitative estimate of drug-likeness (QED) is 0.731. The van der Waals surface area contributed by atoms with E-state index in [1.165, 1.54) is 11.1 Å². The molecule has 0 atom stereocenters. The first-order chi connectivity index (χ1) is 6.77. The first-order valence-electron chi connectivity index (χ1n) is 4.77. The summed E-state index contributed by atoms with van der Waals surface area (Å²) in [7, 11) is 0. The minimum atomic E-state index is -0.0285. The standard InChI is InChI=1S/C11H15NOS/c1-2-9-5-3-4-6-10(9)7-8-11(13)12-14/h3-6,14H,2,7-8H2,1H3,(H,12,13). The molecule has 0 unspecified atom stereocenters.